The van der Waals surface area contributed by atoms with Crippen molar-refractivity contribution in [1.29, 1.82) is 0 Å². The molecule has 0 bridgehead atoms. The standard InChI is InChI=1S/C38H49N7O2/c1-8-25-13-11-14-26(9-2)33(25)41-37(46)32-24(4)44(7)35-29(32)18-17-27-23-39-38(42-34(27)35)40-30-15-12-16-31(36(30)47-10-3)45-21-19-28(20-22-45)43(5)6/h11-16,23,28H,8-10,17-22H2,1-7H3,(H,41,46)(H,39,40,42). The summed E-state index contributed by atoms with van der Waals surface area (Å²) >= 11 is 0. The van der Waals surface area contributed by atoms with Crippen LogP contribution in [0.5, 0.6) is 5.75 Å². The maximum absolute atomic E-state index is 14.0. The zero-order valence-corrected chi connectivity index (χ0v) is 29.0. The van der Waals surface area contributed by atoms with E-state index in [4.69, 9.17) is 14.7 Å². The van der Waals surface area contributed by atoms with E-state index in [1.165, 1.54) is 0 Å². The number of para-hydroxylation sites is 2. The third-order valence-electron chi connectivity index (χ3n) is 10.1. The number of aryl methyl sites for hydroxylation is 3. The van der Waals surface area contributed by atoms with Gasteiger partial charge in [-0.05, 0) is 101 Å². The van der Waals surface area contributed by atoms with Crippen LogP contribution in [-0.4, -0.2) is 65.2 Å². The Morgan fingerprint density at radius 3 is 2.38 bits per heavy atom. The average molecular weight is 636 g/mol. The van der Waals surface area contributed by atoms with Crippen LogP contribution in [0.1, 0.15) is 71.9 Å². The van der Waals surface area contributed by atoms with Gasteiger partial charge in [0, 0.05) is 43.8 Å². The second kappa shape index (κ2) is 13.8. The summed E-state index contributed by atoms with van der Waals surface area (Å²) in [6, 6.07) is 13.1. The fourth-order valence-corrected chi connectivity index (χ4v) is 7.33. The van der Waals surface area contributed by atoms with Gasteiger partial charge in [-0.2, -0.15) is 0 Å². The molecule has 2 aromatic carbocycles. The minimum Gasteiger partial charge on any atom is -0.490 e. The summed E-state index contributed by atoms with van der Waals surface area (Å²) in [6.45, 7) is 10.8. The van der Waals surface area contributed by atoms with Crippen LogP contribution in [0.2, 0.25) is 0 Å². The fraction of sp³-hybridized carbons (Fsp3) is 0.447. The first-order valence-electron chi connectivity index (χ1n) is 17.2. The summed E-state index contributed by atoms with van der Waals surface area (Å²) in [5.74, 6) is 1.28. The van der Waals surface area contributed by atoms with Gasteiger partial charge in [-0.3, -0.25) is 4.79 Å². The third kappa shape index (κ3) is 6.21. The summed E-state index contributed by atoms with van der Waals surface area (Å²) in [7, 11) is 6.36. The molecule has 2 aromatic heterocycles. The zero-order chi connectivity index (χ0) is 33.2. The number of carbonyl (C=O) groups is 1. The highest BCUT2D eigenvalue weighted by Crippen LogP contribution is 2.41. The van der Waals surface area contributed by atoms with E-state index in [1.54, 1.807) is 0 Å². The van der Waals surface area contributed by atoms with Crippen LogP contribution in [-0.2, 0) is 32.7 Å². The van der Waals surface area contributed by atoms with Crippen molar-refractivity contribution >= 4 is 28.9 Å². The maximum atomic E-state index is 14.0. The van der Waals surface area contributed by atoms with E-state index >= 15 is 0 Å². The van der Waals surface area contributed by atoms with Gasteiger partial charge in [0.2, 0.25) is 5.95 Å². The molecule has 6 rings (SSSR count). The smallest absolute Gasteiger partial charge is 0.257 e. The summed E-state index contributed by atoms with van der Waals surface area (Å²) in [6.07, 6.45) is 7.43. The highest BCUT2D eigenvalue weighted by molar-refractivity contribution is 6.08. The maximum Gasteiger partial charge on any atom is 0.257 e. The molecule has 1 fully saturated rings. The van der Waals surface area contributed by atoms with E-state index in [0.29, 0.717) is 18.6 Å². The number of aromatic nitrogens is 3. The molecule has 4 aromatic rings. The Balaban J connectivity index is 1.31. The number of benzene rings is 2. The van der Waals surface area contributed by atoms with Crippen molar-refractivity contribution in [3.63, 3.8) is 0 Å². The van der Waals surface area contributed by atoms with Crippen molar-refractivity contribution in [3.8, 4) is 17.1 Å². The van der Waals surface area contributed by atoms with Crippen LogP contribution in [0.3, 0.4) is 0 Å². The van der Waals surface area contributed by atoms with Gasteiger partial charge in [-0.1, -0.05) is 38.1 Å². The highest BCUT2D eigenvalue weighted by Gasteiger charge is 2.31. The summed E-state index contributed by atoms with van der Waals surface area (Å²) in [5.41, 5.74) is 10.9. The number of hydrogen-bond donors (Lipinski definition) is 2. The Morgan fingerprint density at radius 1 is 1.02 bits per heavy atom. The quantitative estimate of drug-likeness (QED) is 0.195. The molecule has 0 spiro atoms. The molecule has 47 heavy (non-hydrogen) atoms. The Labute approximate surface area is 279 Å². The average Bonchev–Trinajstić information content (AvgIpc) is 3.35. The number of ether oxygens (including phenoxy) is 1. The normalized spacial score (nSPS) is 14.6. The number of anilines is 4. The number of rotatable bonds is 10. The predicted octanol–water partition coefficient (Wildman–Crippen LogP) is 6.94. The summed E-state index contributed by atoms with van der Waals surface area (Å²) in [5, 5.41) is 6.81. The topological polar surface area (TPSA) is 87.5 Å². The number of carbonyl (C=O) groups excluding carboxylic acids is 1. The van der Waals surface area contributed by atoms with E-state index in [1.807, 2.05) is 33.2 Å². The minimum atomic E-state index is -0.0569. The molecule has 2 aliphatic rings. The van der Waals surface area contributed by atoms with Crippen molar-refractivity contribution < 1.29 is 9.53 Å². The SMILES string of the molecule is CCOc1c(Nc2ncc3c(n2)-c2c(c(C(=O)Nc4c(CC)cccc4CC)c(C)n2C)CC3)cccc1N1CCC(N(C)C)CC1. The zero-order valence-electron chi connectivity index (χ0n) is 29.0. The lowest BCUT2D eigenvalue weighted by Crippen LogP contribution is -2.42. The molecule has 248 valence electrons. The molecular formula is C38H49N7O2. The van der Waals surface area contributed by atoms with E-state index in [-0.39, 0.29) is 5.91 Å². The van der Waals surface area contributed by atoms with Gasteiger partial charge in [0.05, 0.1) is 34.9 Å². The van der Waals surface area contributed by atoms with Crippen molar-refractivity contribution in [2.24, 2.45) is 7.05 Å². The Hall–Kier alpha value is -4.37. The molecule has 9 nitrogen and oxygen atoms in total. The lowest BCUT2D eigenvalue weighted by molar-refractivity contribution is 0.102. The van der Waals surface area contributed by atoms with Crippen LogP contribution < -0.4 is 20.3 Å². The first-order valence-corrected chi connectivity index (χ1v) is 17.2. The van der Waals surface area contributed by atoms with Gasteiger partial charge >= 0.3 is 0 Å². The van der Waals surface area contributed by atoms with Crippen LogP contribution >= 0.6 is 0 Å². The molecule has 0 atom stereocenters. The second-order valence-corrected chi connectivity index (χ2v) is 12.9. The van der Waals surface area contributed by atoms with E-state index in [2.05, 4.69) is 83.3 Å². The Bertz CT molecular complexity index is 1750. The number of nitrogens with one attached hydrogen (secondary N) is 2. The first kappa shape index (κ1) is 32.6. The van der Waals surface area contributed by atoms with Gasteiger partial charge in [0.25, 0.3) is 5.91 Å². The molecular weight excluding hydrogens is 586 g/mol. The van der Waals surface area contributed by atoms with Gasteiger partial charge < -0.3 is 29.7 Å². The molecule has 9 heteroatoms. The Morgan fingerprint density at radius 2 is 1.72 bits per heavy atom. The van der Waals surface area contributed by atoms with Gasteiger partial charge in [-0.25, -0.2) is 9.97 Å². The van der Waals surface area contributed by atoms with Crippen LogP contribution in [0, 0.1) is 6.92 Å². The lowest BCUT2D eigenvalue weighted by Gasteiger charge is -2.37. The fourth-order valence-electron chi connectivity index (χ4n) is 7.33. The van der Waals surface area contributed by atoms with Crippen molar-refractivity contribution in [1.82, 2.24) is 19.4 Å². The van der Waals surface area contributed by atoms with E-state index in [0.717, 1.165) is 119 Å². The molecule has 1 aliphatic heterocycles. The molecule has 0 radical (unpaired) electrons. The number of nitrogens with zero attached hydrogens (tertiary/aromatic N) is 5. The van der Waals surface area contributed by atoms with Crippen molar-refractivity contribution in [2.45, 2.75) is 72.3 Å². The summed E-state index contributed by atoms with van der Waals surface area (Å²) < 4.78 is 8.38. The summed E-state index contributed by atoms with van der Waals surface area (Å²) in [4.78, 5) is 28.6. The number of piperidine rings is 1. The molecule has 1 aliphatic carbocycles. The molecule has 2 N–H and O–H groups in total. The highest BCUT2D eigenvalue weighted by atomic mass is 16.5. The van der Waals surface area contributed by atoms with Crippen LogP contribution in [0.4, 0.5) is 23.0 Å². The minimum absolute atomic E-state index is 0.0569. The van der Waals surface area contributed by atoms with E-state index in [9.17, 15) is 4.79 Å². The van der Waals surface area contributed by atoms with Crippen LogP contribution in [0.15, 0.2) is 42.6 Å². The lowest BCUT2D eigenvalue weighted by atomic mass is 9.92. The third-order valence-corrected chi connectivity index (χ3v) is 10.1. The van der Waals surface area contributed by atoms with Crippen LogP contribution in [0.25, 0.3) is 11.4 Å². The van der Waals surface area contributed by atoms with Crippen molar-refractivity contribution in [3.05, 3.63) is 76.1 Å². The number of hydrogen-bond acceptors (Lipinski definition) is 7. The predicted molar refractivity (Wildman–Crippen MR) is 192 cm³/mol. The monoisotopic (exact) mass is 635 g/mol. The van der Waals surface area contributed by atoms with Gasteiger partial charge in [-0.15, -0.1) is 0 Å². The largest absolute Gasteiger partial charge is 0.490 e. The Kier molecular flexibility index (Phi) is 9.55. The second-order valence-electron chi connectivity index (χ2n) is 12.9. The van der Waals surface area contributed by atoms with Crippen molar-refractivity contribution in [2.75, 3.05) is 49.3 Å². The number of amides is 1. The molecule has 3 heterocycles. The molecule has 0 saturated carbocycles. The molecule has 1 saturated heterocycles. The number of fused-ring (bicyclic) bond motifs is 3. The molecule has 1 amide bonds. The molecule has 0 unspecified atom stereocenters. The van der Waals surface area contributed by atoms with Gasteiger partial charge in [0.1, 0.15) is 0 Å². The first-order chi connectivity index (χ1) is 22.7. The van der Waals surface area contributed by atoms with E-state index < -0.39 is 0 Å². The van der Waals surface area contributed by atoms with Gasteiger partial charge in [0.15, 0.2) is 5.75 Å².